The number of carbonyl (C=O) groups excluding carboxylic acids is 1. The van der Waals surface area contributed by atoms with E-state index in [4.69, 9.17) is 0 Å². The van der Waals surface area contributed by atoms with E-state index < -0.39 is 0 Å². The Morgan fingerprint density at radius 1 is 1.41 bits per heavy atom. The zero-order valence-corrected chi connectivity index (χ0v) is 13.3. The Balaban J connectivity index is 1.56. The molecule has 1 aliphatic heterocycles. The van der Waals surface area contributed by atoms with Crippen LogP contribution in [-0.2, 0) is 11.3 Å². The molecule has 1 unspecified atom stereocenters. The van der Waals surface area contributed by atoms with Gasteiger partial charge in [-0.25, -0.2) is 4.39 Å². The summed E-state index contributed by atoms with van der Waals surface area (Å²) < 4.78 is 12.8. The molecule has 0 aliphatic carbocycles. The third-order valence-corrected chi connectivity index (χ3v) is 4.12. The lowest BCUT2D eigenvalue weighted by Gasteiger charge is -2.17. The zero-order valence-electron chi connectivity index (χ0n) is 13.3. The Morgan fingerprint density at radius 3 is 2.86 bits per heavy atom. The molecule has 5 heteroatoms. The van der Waals surface area contributed by atoms with E-state index in [0.717, 1.165) is 38.2 Å². The van der Waals surface area contributed by atoms with Crippen molar-refractivity contribution in [2.75, 3.05) is 33.2 Å². The van der Waals surface area contributed by atoms with E-state index in [-0.39, 0.29) is 11.7 Å². The van der Waals surface area contributed by atoms with Crippen molar-refractivity contribution in [2.45, 2.75) is 25.8 Å². The standard InChI is InChI=1S/C17H26FN3O/c1-21(13-15-2-5-16(18)6-3-15)11-10-20-17(22)7-4-14-8-9-19-12-14/h2-3,5-6,14,19H,4,7-13H2,1H3,(H,20,22). The number of amides is 1. The van der Waals surface area contributed by atoms with Crippen molar-refractivity contribution in [3.63, 3.8) is 0 Å². The molecule has 0 bridgehead atoms. The number of nitrogens with zero attached hydrogens (tertiary/aromatic N) is 1. The molecule has 1 aromatic rings. The van der Waals surface area contributed by atoms with Crippen molar-refractivity contribution < 1.29 is 9.18 Å². The highest BCUT2D eigenvalue weighted by Crippen LogP contribution is 2.13. The molecule has 1 amide bonds. The van der Waals surface area contributed by atoms with Crippen molar-refractivity contribution in [3.05, 3.63) is 35.6 Å². The Morgan fingerprint density at radius 2 is 2.18 bits per heavy atom. The third-order valence-electron chi connectivity index (χ3n) is 4.12. The summed E-state index contributed by atoms with van der Waals surface area (Å²) in [5.74, 6) is 0.588. The Kier molecular flexibility index (Phi) is 6.80. The van der Waals surface area contributed by atoms with Gasteiger partial charge >= 0.3 is 0 Å². The van der Waals surface area contributed by atoms with Crippen LogP contribution < -0.4 is 10.6 Å². The fourth-order valence-electron chi connectivity index (χ4n) is 2.75. The summed E-state index contributed by atoms with van der Waals surface area (Å²) in [5, 5.41) is 6.29. The average Bonchev–Trinajstić information content (AvgIpc) is 3.01. The largest absolute Gasteiger partial charge is 0.355 e. The topological polar surface area (TPSA) is 44.4 Å². The van der Waals surface area contributed by atoms with Gasteiger partial charge in [0.25, 0.3) is 0 Å². The normalized spacial score (nSPS) is 17.9. The van der Waals surface area contributed by atoms with Gasteiger partial charge in [-0.15, -0.1) is 0 Å². The number of likely N-dealkylation sites (N-methyl/N-ethyl adjacent to an activating group) is 1. The second kappa shape index (κ2) is 8.86. The van der Waals surface area contributed by atoms with E-state index >= 15 is 0 Å². The second-order valence-corrected chi connectivity index (χ2v) is 6.11. The molecule has 1 heterocycles. The predicted octanol–water partition coefficient (Wildman–Crippen LogP) is 1.76. The highest BCUT2D eigenvalue weighted by molar-refractivity contribution is 5.75. The molecule has 1 fully saturated rings. The van der Waals surface area contributed by atoms with Gasteiger partial charge in [0, 0.05) is 26.1 Å². The molecular formula is C17H26FN3O. The van der Waals surface area contributed by atoms with Crippen LogP contribution in [0, 0.1) is 11.7 Å². The lowest BCUT2D eigenvalue weighted by Crippen LogP contribution is -2.32. The van der Waals surface area contributed by atoms with Crippen molar-refractivity contribution >= 4 is 5.91 Å². The first kappa shape index (κ1) is 16.9. The molecule has 0 aromatic heterocycles. The molecule has 1 atom stereocenters. The smallest absolute Gasteiger partial charge is 0.220 e. The minimum atomic E-state index is -0.212. The summed E-state index contributed by atoms with van der Waals surface area (Å²) in [6.45, 7) is 4.32. The maximum absolute atomic E-state index is 12.8. The van der Waals surface area contributed by atoms with E-state index in [0.29, 0.717) is 18.9 Å². The highest BCUT2D eigenvalue weighted by atomic mass is 19.1. The van der Waals surface area contributed by atoms with Crippen LogP contribution >= 0.6 is 0 Å². The molecule has 1 aliphatic rings. The fraction of sp³-hybridized carbons (Fsp3) is 0.588. The number of rotatable bonds is 8. The van der Waals surface area contributed by atoms with Crippen molar-refractivity contribution in [1.29, 1.82) is 0 Å². The number of halogens is 1. The quantitative estimate of drug-likeness (QED) is 0.769. The van der Waals surface area contributed by atoms with Gasteiger partial charge in [0.2, 0.25) is 5.91 Å². The summed E-state index contributed by atoms with van der Waals surface area (Å²) in [5.41, 5.74) is 1.07. The lowest BCUT2D eigenvalue weighted by molar-refractivity contribution is -0.121. The predicted molar refractivity (Wildman–Crippen MR) is 86.0 cm³/mol. The summed E-state index contributed by atoms with van der Waals surface area (Å²) in [7, 11) is 2.00. The van der Waals surface area contributed by atoms with E-state index in [1.54, 1.807) is 12.1 Å². The third kappa shape index (κ3) is 6.12. The summed E-state index contributed by atoms with van der Waals surface area (Å²) in [4.78, 5) is 13.9. The Bertz CT molecular complexity index is 457. The molecule has 0 spiro atoms. The zero-order chi connectivity index (χ0) is 15.8. The van der Waals surface area contributed by atoms with E-state index in [1.807, 2.05) is 7.05 Å². The lowest BCUT2D eigenvalue weighted by atomic mass is 10.0. The number of carbonyl (C=O) groups is 1. The van der Waals surface area contributed by atoms with Crippen LogP contribution in [0.2, 0.25) is 0 Å². The number of hydrogen-bond acceptors (Lipinski definition) is 3. The van der Waals surface area contributed by atoms with Crippen molar-refractivity contribution in [3.8, 4) is 0 Å². The molecule has 2 N–H and O–H groups in total. The van der Waals surface area contributed by atoms with Gasteiger partial charge in [0.1, 0.15) is 5.82 Å². The molecule has 0 saturated carbocycles. The molecule has 122 valence electrons. The summed E-state index contributed by atoms with van der Waals surface area (Å²) in [6.07, 6.45) is 2.78. The van der Waals surface area contributed by atoms with E-state index in [2.05, 4.69) is 15.5 Å². The molecule has 0 radical (unpaired) electrons. The number of hydrogen-bond donors (Lipinski definition) is 2. The number of nitrogens with one attached hydrogen (secondary N) is 2. The first-order valence-electron chi connectivity index (χ1n) is 8.04. The van der Waals surface area contributed by atoms with Crippen molar-refractivity contribution in [2.24, 2.45) is 5.92 Å². The fourth-order valence-corrected chi connectivity index (χ4v) is 2.75. The maximum Gasteiger partial charge on any atom is 0.220 e. The van der Waals surface area contributed by atoms with E-state index in [9.17, 15) is 9.18 Å². The van der Waals surface area contributed by atoms with Gasteiger partial charge in [0.05, 0.1) is 0 Å². The van der Waals surface area contributed by atoms with Crippen LogP contribution in [0.3, 0.4) is 0 Å². The van der Waals surface area contributed by atoms with Crippen LogP contribution in [0.25, 0.3) is 0 Å². The van der Waals surface area contributed by atoms with Gasteiger partial charge < -0.3 is 15.5 Å². The molecule has 4 nitrogen and oxygen atoms in total. The molecule has 1 saturated heterocycles. The van der Waals surface area contributed by atoms with Gasteiger partial charge in [-0.1, -0.05) is 12.1 Å². The second-order valence-electron chi connectivity index (χ2n) is 6.11. The first-order chi connectivity index (χ1) is 10.6. The summed E-state index contributed by atoms with van der Waals surface area (Å²) in [6, 6.07) is 6.53. The summed E-state index contributed by atoms with van der Waals surface area (Å²) >= 11 is 0. The minimum Gasteiger partial charge on any atom is -0.355 e. The SMILES string of the molecule is CN(CCNC(=O)CCC1CCNC1)Cc1ccc(F)cc1. The maximum atomic E-state index is 12.8. The van der Waals surface area contributed by atoms with E-state index in [1.165, 1.54) is 18.6 Å². The number of benzene rings is 1. The molecule has 2 rings (SSSR count). The molecule has 1 aromatic carbocycles. The van der Waals surface area contributed by atoms with Crippen LogP contribution in [0.1, 0.15) is 24.8 Å². The highest BCUT2D eigenvalue weighted by Gasteiger charge is 2.15. The monoisotopic (exact) mass is 307 g/mol. The minimum absolute atomic E-state index is 0.141. The average molecular weight is 307 g/mol. The van der Waals surface area contributed by atoms with Gasteiger partial charge in [-0.2, -0.15) is 0 Å². The Hall–Kier alpha value is -1.46. The van der Waals surface area contributed by atoms with Crippen LogP contribution in [0.5, 0.6) is 0 Å². The van der Waals surface area contributed by atoms with Crippen LogP contribution in [-0.4, -0.2) is 44.0 Å². The van der Waals surface area contributed by atoms with Crippen LogP contribution in [0.15, 0.2) is 24.3 Å². The molecular weight excluding hydrogens is 281 g/mol. The Labute approximate surface area is 132 Å². The van der Waals surface area contributed by atoms with Gasteiger partial charge in [-0.05, 0) is 56.6 Å². The van der Waals surface area contributed by atoms with Crippen molar-refractivity contribution in [1.82, 2.24) is 15.5 Å². The molecule has 22 heavy (non-hydrogen) atoms. The van der Waals surface area contributed by atoms with Crippen LogP contribution in [0.4, 0.5) is 4.39 Å². The first-order valence-corrected chi connectivity index (χ1v) is 8.04. The van der Waals surface area contributed by atoms with Gasteiger partial charge in [0.15, 0.2) is 0 Å². The van der Waals surface area contributed by atoms with Gasteiger partial charge in [-0.3, -0.25) is 4.79 Å².